The minimum Gasteiger partial charge on any atom is -0.485 e. The van der Waals surface area contributed by atoms with E-state index in [2.05, 4.69) is 15.2 Å². The number of nitrogens with one attached hydrogen (secondary N) is 1. The Morgan fingerprint density at radius 3 is 2.55 bits per heavy atom. The number of halogens is 2. The van der Waals surface area contributed by atoms with Crippen LogP contribution in [-0.2, 0) is 12.0 Å². The summed E-state index contributed by atoms with van der Waals surface area (Å²) in [5.41, 5.74) is 0.0273. The number of rotatable bonds is 9. The highest BCUT2D eigenvalue weighted by molar-refractivity contribution is 5.97. The summed E-state index contributed by atoms with van der Waals surface area (Å²) in [6.45, 7) is 0.365. The minimum atomic E-state index is -1.23. The molecule has 4 aromatic rings. The van der Waals surface area contributed by atoms with Gasteiger partial charge in [-0.3, -0.25) is 14.3 Å². The van der Waals surface area contributed by atoms with E-state index in [1.807, 2.05) is 0 Å². The molecule has 0 radical (unpaired) electrons. The molecule has 0 spiro atoms. The molecule has 4 rings (SSSR count). The normalized spacial score (nSPS) is 11.8. The van der Waals surface area contributed by atoms with Crippen LogP contribution < -0.4 is 4.74 Å². The van der Waals surface area contributed by atoms with E-state index in [1.54, 1.807) is 25.3 Å². The molecule has 0 amide bonds. The molecule has 0 saturated carbocycles. The van der Waals surface area contributed by atoms with E-state index in [9.17, 15) is 23.8 Å². The van der Waals surface area contributed by atoms with E-state index in [-0.39, 0.29) is 35.8 Å². The fraction of sp³-hybridized carbons (Fsp3) is 0.261. The topological polar surface area (TPSA) is 113 Å². The number of Topliss-reactive ketones (excluding diaryl/α,β-unsaturated/α-hetero) is 1. The van der Waals surface area contributed by atoms with Gasteiger partial charge in [0.1, 0.15) is 23.9 Å². The summed E-state index contributed by atoms with van der Waals surface area (Å²) in [6.07, 6.45) is 4.40. The monoisotopic (exact) mass is 456 g/mol. The molecule has 1 aromatic carbocycles. The quantitative estimate of drug-likeness (QED) is 0.334. The van der Waals surface area contributed by atoms with E-state index in [0.717, 1.165) is 12.1 Å². The Morgan fingerprint density at radius 1 is 1.18 bits per heavy atom. The van der Waals surface area contributed by atoms with Crippen LogP contribution in [0.3, 0.4) is 0 Å². The highest BCUT2D eigenvalue weighted by Gasteiger charge is 2.36. The number of aliphatic hydroxyl groups excluding tert-OH is 2. The number of imidazole rings is 1. The Hall–Kier alpha value is -3.63. The average molecular weight is 456 g/mol. The molecule has 0 saturated heterocycles. The number of ether oxygens (including phenoxy) is 1. The number of carbonyl (C=O) groups is 1. The number of aryl methyl sites for hydroxylation is 1. The van der Waals surface area contributed by atoms with Crippen molar-refractivity contribution in [3.05, 3.63) is 83.1 Å². The number of nitrogens with zero attached hydrogens (tertiary/aromatic N) is 3. The predicted molar refractivity (Wildman–Crippen MR) is 114 cm³/mol. The van der Waals surface area contributed by atoms with Crippen LogP contribution in [0.25, 0.3) is 5.65 Å². The van der Waals surface area contributed by atoms with Gasteiger partial charge in [-0.05, 0) is 31.2 Å². The Kier molecular flexibility index (Phi) is 6.21. The molecule has 33 heavy (non-hydrogen) atoms. The summed E-state index contributed by atoms with van der Waals surface area (Å²) in [5.74, 6) is -1.56. The second-order valence-corrected chi connectivity index (χ2v) is 7.78. The molecule has 0 unspecified atom stereocenters. The largest absolute Gasteiger partial charge is 0.485 e. The maximum Gasteiger partial charge on any atom is 0.182 e. The van der Waals surface area contributed by atoms with Crippen LogP contribution >= 0.6 is 0 Å². The first-order valence-corrected chi connectivity index (χ1v) is 10.2. The highest BCUT2D eigenvalue weighted by atomic mass is 19.1. The summed E-state index contributed by atoms with van der Waals surface area (Å²) >= 11 is 0. The number of aromatic nitrogens is 4. The third-order valence-electron chi connectivity index (χ3n) is 5.70. The number of aliphatic hydroxyl groups is 2. The molecular weight excluding hydrogens is 434 g/mol. The standard InChI is InChI=1S/C23H22F2N4O4/c1-14-21(19(32)8-23(12-30,13-31)15-9-26-27-10-15)29-7-3-6-20(22(29)28-14)33-11-16-17(24)4-2-5-18(16)25/h2-7,9-10,30-31H,8,11-13H2,1H3,(H,26,27). The Balaban J connectivity index is 1.66. The molecule has 3 heterocycles. The first-order valence-electron chi connectivity index (χ1n) is 10.2. The minimum absolute atomic E-state index is 0.195. The SMILES string of the molecule is Cc1nc2c(OCc3c(F)cccc3F)cccn2c1C(=O)CC(CO)(CO)c1cn[nH]c1. The third kappa shape index (κ3) is 4.10. The van der Waals surface area contributed by atoms with E-state index in [1.165, 1.54) is 22.9 Å². The van der Waals surface area contributed by atoms with Crippen molar-refractivity contribution in [1.29, 1.82) is 0 Å². The molecule has 3 N–H and O–H groups in total. The maximum atomic E-state index is 13.9. The highest BCUT2D eigenvalue weighted by Crippen LogP contribution is 2.30. The predicted octanol–water partition coefficient (Wildman–Crippen LogP) is 2.72. The first-order chi connectivity index (χ1) is 15.9. The van der Waals surface area contributed by atoms with Crippen molar-refractivity contribution < 1.29 is 28.5 Å². The Labute approximate surface area is 187 Å². The summed E-state index contributed by atoms with van der Waals surface area (Å²) in [4.78, 5) is 17.7. The van der Waals surface area contributed by atoms with E-state index < -0.39 is 30.3 Å². The number of hydrogen-bond donors (Lipinski definition) is 3. The number of fused-ring (bicyclic) bond motifs is 1. The van der Waals surface area contributed by atoms with Crippen LogP contribution in [0.15, 0.2) is 48.9 Å². The van der Waals surface area contributed by atoms with Crippen LogP contribution in [0, 0.1) is 18.6 Å². The summed E-state index contributed by atoms with van der Waals surface area (Å²) in [6, 6.07) is 6.78. The lowest BCUT2D eigenvalue weighted by atomic mass is 9.78. The van der Waals surface area contributed by atoms with Crippen molar-refractivity contribution >= 4 is 11.4 Å². The van der Waals surface area contributed by atoms with Crippen LogP contribution in [-0.4, -0.2) is 48.8 Å². The molecule has 8 nitrogen and oxygen atoms in total. The van der Waals surface area contributed by atoms with Gasteiger partial charge in [-0.15, -0.1) is 0 Å². The lowest BCUT2D eigenvalue weighted by Gasteiger charge is -2.27. The average Bonchev–Trinajstić information content (AvgIpc) is 3.45. The summed E-state index contributed by atoms with van der Waals surface area (Å²) < 4.78 is 35.1. The van der Waals surface area contributed by atoms with Gasteiger partial charge in [-0.2, -0.15) is 5.10 Å². The van der Waals surface area contributed by atoms with Crippen LogP contribution in [0.5, 0.6) is 5.75 Å². The van der Waals surface area contributed by atoms with Gasteiger partial charge in [0.25, 0.3) is 0 Å². The third-order valence-corrected chi connectivity index (χ3v) is 5.70. The van der Waals surface area contributed by atoms with Gasteiger partial charge >= 0.3 is 0 Å². The van der Waals surface area contributed by atoms with Gasteiger partial charge in [0.15, 0.2) is 17.2 Å². The number of aromatic amines is 1. The van der Waals surface area contributed by atoms with Crippen molar-refractivity contribution in [1.82, 2.24) is 19.6 Å². The van der Waals surface area contributed by atoms with Gasteiger partial charge in [-0.1, -0.05) is 6.07 Å². The molecule has 0 aliphatic heterocycles. The molecule has 0 fully saturated rings. The van der Waals surface area contributed by atoms with Crippen molar-refractivity contribution in [3.63, 3.8) is 0 Å². The van der Waals surface area contributed by atoms with Gasteiger partial charge in [0.2, 0.25) is 0 Å². The number of hydrogen-bond acceptors (Lipinski definition) is 6. The van der Waals surface area contributed by atoms with Crippen LogP contribution in [0.2, 0.25) is 0 Å². The number of ketones is 1. The Morgan fingerprint density at radius 2 is 1.91 bits per heavy atom. The zero-order chi connectivity index (χ0) is 23.6. The van der Waals surface area contributed by atoms with Crippen LogP contribution in [0.1, 0.15) is 33.7 Å². The van der Waals surface area contributed by atoms with Crippen molar-refractivity contribution in [2.45, 2.75) is 25.4 Å². The Bertz CT molecular complexity index is 1260. The van der Waals surface area contributed by atoms with Crippen LogP contribution in [0.4, 0.5) is 8.78 Å². The smallest absolute Gasteiger partial charge is 0.182 e. The number of pyridine rings is 1. The van der Waals surface area contributed by atoms with Crippen molar-refractivity contribution in [3.8, 4) is 5.75 Å². The van der Waals surface area contributed by atoms with E-state index in [0.29, 0.717) is 16.9 Å². The summed E-state index contributed by atoms with van der Waals surface area (Å²) in [5, 5.41) is 26.4. The van der Waals surface area contributed by atoms with E-state index >= 15 is 0 Å². The van der Waals surface area contributed by atoms with Crippen molar-refractivity contribution in [2.75, 3.05) is 13.2 Å². The molecular formula is C23H22F2N4O4. The van der Waals surface area contributed by atoms with Gasteiger partial charge < -0.3 is 14.9 Å². The number of carbonyl (C=O) groups excluding carboxylic acids is 1. The van der Waals surface area contributed by atoms with Gasteiger partial charge in [-0.25, -0.2) is 13.8 Å². The lowest BCUT2D eigenvalue weighted by Crippen LogP contribution is -2.37. The summed E-state index contributed by atoms with van der Waals surface area (Å²) in [7, 11) is 0. The fourth-order valence-corrected chi connectivity index (χ4v) is 3.80. The molecule has 0 aliphatic rings. The second-order valence-electron chi connectivity index (χ2n) is 7.78. The first kappa shape index (κ1) is 22.6. The van der Waals surface area contributed by atoms with Gasteiger partial charge in [0.05, 0.1) is 36.1 Å². The molecule has 0 bridgehead atoms. The maximum absolute atomic E-state index is 13.9. The molecule has 3 aromatic heterocycles. The molecule has 172 valence electrons. The number of H-pyrrole nitrogens is 1. The van der Waals surface area contributed by atoms with Gasteiger partial charge in [0, 0.05) is 24.4 Å². The molecule has 0 aliphatic carbocycles. The fourth-order valence-electron chi connectivity index (χ4n) is 3.80. The zero-order valence-electron chi connectivity index (χ0n) is 17.8. The second kappa shape index (κ2) is 9.08. The molecule has 0 atom stereocenters. The number of benzene rings is 1. The lowest BCUT2D eigenvalue weighted by molar-refractivity contribution is 0.0782. The van der Waals surface area contributed by atoms with E-state index in [4.69, 9.17) is 4.74 Å². The molecule has 10 heteroatoms. The van der Waals surface area contributed by atoms with Crippen molar-refractivity contribution in [2.24, 2.45) is 0 Å². The zero-order valence-corrected chi connectivity index (χ0v) is 17.8.